The zero-order chi connectivity index (χ0) is 28.0. The van der Waals surface area contributed by atoms with Crippen LogP contribution in [-0.2, 0) is 53.0 Å². The average Bonchev–Trinajstić information content (AvgIpc) is 3.00. The average molecular weight is 575 g/mol. The Kier molecular flexibility index (Phi) is 9.03. The van der Waals surface area contributed by atoms with Gasteiger partial charge in [0.15, 0.2) is 0 Å². The normalized spacial score (nSPS) is 27.4. The van der Waals surface area contributed by atoms with E-state index in [1.165, 1.54) is 11.8 Å². The fraction of sp³-hybridized carbons (Fsp3) is 0.364. The molecule has 7 nitrogen and oxygen atoms in total. The van der Waals surface area contributed by atoms with Gasteiger partial charge in [-0.25, -0.2) is 4.79 Å². The molecule has 0 spiro atoms. The summed E-state index contributed by atoms with van der Waals surface area (Å²) in [5.74, 6) is 0.258. The van der Waals surface area contributed by atoms with Crippen LogP contribution >= 0.6 is 11.8 Å². The Bertz CT molecular complexity index is 1320. The fourth-order valence-corrected chi connectivity index (χ4v) is 6.54. The van der Waals surface area contributed by atoms with Crippen LogP contribution in [0.5, 0.6) is 0 Å². The van der Waals surface area contributed by atoms with Gasteiger partial charge in [-0.2, -0.15) is 0 Å². The standard InChI is InChI=1S/C33H34O7S/c1-22-17-26-30(32(34)38-22)41-31-29(37-20-25-15-9-4-10-16-25)28(36-19-24-13-7-3-8-14-24)27(40-33(31)39-26)21-35-18-23-11-5-2-6-12-23/h2-16,22,27-29,31,33H,17-21H2,1H3/t22-,27+,28-,29-,31+,33-/m0/s1. The first-order valence-electron chi connectivity index (χ1n) is 14.0. The molecule has 0 amide bonds. The third kappa shape index (κ3) is 6.85. The van der Waals surface area contributed by atoms with Crippen LogP contribution in [0.25, 0.3) is 0 Å². The Labute approximate surface area is 244 Å². The third-order valence-electron chi connectivity index (χ3n) is 7.29. The molecule has 1 fully saturated rings. The molecule has 0 saturated carbocycles. The predicted molar refractivity (Wildman–Crippen MR) is 154 cm³/mol. The second-order valence-electron chi connectivity index (χ2n) is 10.4. The van der Waals surface area contributed by atoms with Crippen molar-refractivity contribution in [1.82, 2.24) is 0 Å². The summed E-state index contributed by atoms with van der Waals surface area (Å²) in [5.41, 5.74) is 3.17. The molecule has 8 heteroatoms. The second-order valence-corrected chi connectivity index (χ2v) is 11.6. The fourth-order valence-electron chi connectivity index (χ4n) is 5.26. The van der Waals surface area contributed by atoms with Crippen molar-refractivity contribution in [3.8, 4) is 0 Å². The molecule has 41 heavy (non-hydrogen) atoms. The van der Waals surface area contributed by atoms with Crippen molar-refractivity contribution < 1.29 is 33.2 Å². The van der Waals surface area contributed by atoms with E-state index in [4.69, 9.17) is 28.4 Å². The zero-order valence-electron chi connectivity index (χ0n) is 22.9. The lowest BCUT2D eigenvalue weighted by atomic mass is 9.99. The summed E-state index contributed by atoms with van der Waals surface area (Å²) >= 11 is 1.41. The highest BCUT2D eigenvalue weighted by Gasteiger charge is 2.53. The van der Waals surface area contributed by atoms with Gasteiger partial charge in [0.2, 0.25) is 6.29 Å². The van der Waals surface area contributed by atoms with Crippen LogP contribution in [0.3, 0.4) is 0 Å². The SMILES string of the molecule is C[C@H]1CC2=C(S[C@H]3[C@@H](O2)O[C@H](COCc2ccccc2)[C@H](OCc2ccccc2)[C@@H]3OCc2ccccc2)C(=O)O1. The van der Waals surface area contributed by atoms with Crippen LogP contribution in [0.1, 0.15) is 30.0 Å². The summed E-state index contributed by atoms with van der Waals surface area (Å²) < 4.78 is 37.8. The van der Waals surface area contributed by atoms with Gasteiger partial charge in [0.25, 0.3) is 0 Å². The highest BCUT2D eigenvalue weighted by molar-refractivity contribution is 8.04. The summed E-state index contributed by atoms with van der Waals surface area (Å²) in [6.45, 7) is 3.37. The maximum absolute atomic E-state index is 12.8. The molecule has 6 atom stereocenters. The molecule has 0 bridgehead atoms. The smallest absolute Gasteiger partial charge is 0.348 e. The van der Waals surface area contributed by atoms with Crippen molar-refractivity contribution in [2.75, 3.05) is 6.61 Å². The number of benzene rings is 3. The maximum Gasteiger partial charge on any atom is 0.348 e. The Morgan fingerprint density at radius 2 is 1.32 bits per heavy atom. The number of fused-ring (bicyclic) bond motifs is 1. The molecule has 0 radical (unpaired) electrons. The lowest BCUT2D eigenvalue weighted by molar-refractivity contribution is -0.268. The minimum Gasteiger partial charge on any atom is -0.466 e. The highest BCUT2D eigenvalue weighted by Crippen LogP contribution is 2.46. The first-order chi connectivity index (χ1) is 20.1. The Hall–Kier alpha value is -3.14. The van der Waals surface area contributed by atoms with E-state index in [1.54, 1.807) is 0 Å². The molecule has 0 aromatic heterocycles. The highest BCUT2D eigenvalue weighted by atomic mass is 32.2. The van der Waals surface area contributed by atoms with Gasteiger partial charge in [0.1, 0.15) is 40.3 Å². The number of carbonyl (C=O) groups is 1. The molecule has 0 aliphatic carbocycles. The number of cyclic esters (lactones) is 1. The first-order valence-corrected chi connectivity index (χ1v) is 14.9. The van der Waals surface area contributed by atoms with Crippen molar-refractivity contribution in [2.24, 2.45) is 0 Å². The lowest BCUT2D eigenvalue weighted by Crippen LogP contribution is -2.61. The minimum absolute atomic E-state index is 0.251. The van der Waals surface area contributed by atoms with Gasteiger partial charge in [-0.1, -0.05) is 91.0 Å². The first kappa shape index (κ1) is 28.0. The van der Waals surface area contributed by atoms with Crippen LogP contribution in [0.2, 0.25) is 0 Å². The van der Waals surface area contributed by atoms with Gasteiger partial charge in [-0.05, 0) is 23.6 Å². The van der Waals surface area contributed by atoms with Gasteiger partial charge < -0.3 is 28.4 Å². The second kappa shape index (κ2) is 13.2. The number of rotatable bonds is 10. The van der Waals surface area contributed by atoms with E-state index < -0.39 is 24.6 Å². The molecular formula is C33H34O7S. The van der Waals surface area contributed by atoms with Crippen LogP contribution in [0.4, 0.5) is 0 Å². The van der Waals surface area contributed by atoms with Crippen LogP contribution in [0.15, 0.2) is 102 Å². The molecule has 3 aromatic carbocycles. The summed E-state index contributed by atoms with van der Waals surface area (Å²) in [5, 5.41) is -0.343. The van der Waals surface area contributed by atoms with E-state index in [1.807, 2.05) is 97.9 Å². The summed E-state index contributed by atoms with van der Waals surface area (Å²) in [6.07, 6.45) is -1.75. The summed E-state index contributed by atoms with van der Waals surface area (Å²) in [7, 11) is 0. The topological polar surface area (TPSA) is 72.5 Å². The molecule has 3 aromatic rings. The number of thioether (sulfide) groups is 1. The van der Waals surface area contributed by atoms with Gasteiger partial charge in [-0.3, -0.25) is 0 Å². The van der Waals surface area contributed by atoms with Crippen molar-refractivity contribution in [1.29, 1.82) is 0 Å². The number of hydrogen-bond acceptors (Lipinski definition) is 8. The van der Waals surface area contributed by atoms with Gasteiger partial charge in [0.05, 0.1) is 26.4 Å². The number of esters is 1. The Morgan fingerprint density at radius 3 is 1.93 bits per heavy atom. The van der Waals surface area contributed by atoms with Crippen molar-refractivity contribution in [3.05, 3.63) is 118 Å². The van der Waals surface area contributed by atoms with E-state index in [-0.39, 0.29) is 17.3 Å². The zero-order valence-corrected chi connectivity index (χ0v) is 23.7. The molecular weight excluding hydrogens is 540 g/mol. The van der Waals surface area contributed by atoms with Gasteiger partial charge in [0, 0.05) is 6.42 Å². The molecule has 0 unspecified atom stereocenters. The lowest BCUT2D eigenvalue weighted by Gasteiger charge is -2.48. The largest absolute Gasteiger partial charge is 0.466 e. The van der Waals surface area contributed by atoms with Crippen LogP contribution in [-0.4, -0.2) is 48.5 Å². The third-order valence-corrected chi connectivity index (χ3v) is 8.68. The maximum atomic E-state index is 12.8. The van der Waals surface area contributed by atoms with Crippen molar-refractivity contribution >= 4 is 17.7 Å². The minimum atomic E-state index is -0.625. The quantitative estimate of drug-likeness (QED) is 0.282. The van der Waals surface area contributed by atoms with Gasteiger partial charge >= 0.3 is 5.97 Å². The van der Waals surface area contributed by atoms with E-state index >= 15 is 0 Å². The molecule has 3 aliphatic rings. The molecule has 3 aliphatic heterocycles. The van der Waals surface area contributed by atoms with Crippen LogP contribution < -0.4 is 0 Å². The summed E-state index contributed by atoms with van der Waals surface area (Å²) in [6, 6.07) is 30.1. The van der Waals surface area contributed by atoms with Gasteiger partial charge in [-0.15, -0.1) is 11.8 Å². The number of hydrogen-bond donors (Lipinski definition) is 0. The molecule has 214 valence electrons. The van der Waals surface area contributed by atoms with E-state index in [9.17, 15) is 4.79 Å². The molecule has 3 heterocycles. The summed E-state index contributed by atoms with van der Waals surface area (Å²) in [4.78, 5) is 13.3. The van der Waals surface area contributed by atoms with Crippen LogP contribution in [0, 0.1) is 0 Å². The number of ether oxygens (including phenoxy) is 6. The Morgan fingerprint density at radius 1 is 0.756 bits per heavy atom. The van der Waals surface area contributed by atoms with Crippen molar-refractivity contribution in [2.45, 2.75) is 69.1 Å². The number of carbonyl (C=O) groups excluding carboxylic acids is 1. The Balaban J connectivity index is 1.27. The van der Waals surface area contributed by atoms with Crippen molar-refractivity contribution in [3.63, 3.8) is 0 Å². The molecule has 1 saturated heterocycles. The monoisotopic (exact) mass is 574 g/mol. The van der Waals surface area contributed by atoms with E-state index in [0.29, 0.717) is 43.5 Å². The predicted octanol–water partition coefficient (Wildman–Crippen LogP) is 5.78. The molecule has 6 rings (SSSR count). The van der Waals surface area contributed by atoms with E-state index in [0.717, 1.165) is 16.7 Å². The van der Waals surface area contributed by atoms with E-state index in [2.05, 4.69) is 0 Å². The molecule has 0 N–H and O–H groups in total.